The Morgan fingerprint density at radius 3 is 2.50 bits per heavy atom. The first-order chi connectivity index (χ1) is 2.77. The fraction of sp³-hybridized carbons (Fsp3) is 0. The van der Waals surface area contributed by atoms with E-state index in [4.69, 9.17) is 10.9 Å². The number of allylic oxidation sites excluding steroid dienone is 1. The fourth-order valence-corrected chi connectivity index (χ4v) is 0.0642. The summed E-state index contributed by atoms with van der Waals surface area (Å²) in [6.45, 7) is 3.16. The van der Waals surface area contributed by atoms with Crippen LogP contribution in [0.15, 0.2) is 17.4 Å². The molecular formula is C3H5N2O. The van der Waals surface area contributed by atoms with Crippen molar-refractivity contribution in [3.63, 3.8) is 0 Å². The van der Waals surface area contributed by atoms with Crippen molar-refractivity contribution in [3.8, 4) is 0 Å². The smallest absolute Gasteiger partial charge is 0.156 e. The van der Waals surface area contributed by atoms with E-state index in [9.17, 15) is 0 Å². The van der Waals surface area contributed by atoms with Crippen molar-refractivity contribution in [3.05, 3.63) is 12.3 Å². The SMILES string of the molecule is C=C(N)/[C]=N/O. The number of rotatable bonds is 1. The zero-order valence-electron chi connectivity index (χ0n) is 3.18. The maximum absolute atomic E-state index is 7.61. The Balaban J connectivity index is 3.30. The van der Waals surface area contributed by atoms with Crippen molar-refractivity contribution in [1.29, 1.82) is 0 Å². The van der Waals surface area contributed by atoms with Crippen LogP contribution in [0.4, 0.5) is 0 Å². The first-order valence-electron chi connectivity index (χ1n) is 1.32. The van der Waals surface area contributed by atoms with Crippen LogP contribution in [0.5, 0.6) is 0 Å². The molecular weight excluding hydrogens is 80.0 g/mol. The van der Waals surface area contributed by atoms with Gasteiger partial charge in [-0.3, -0.25) is 0 Å². The van der Waals surface area contributed by atoms with Crippen molar-refractivity contribution in [2.24, 2.45) is 10.9 Å². The van der Waals surface area contributed by atoms with E-state index in [1.807, 2.05) is 6.21 Å². The summed E-state index contributed by atoms with van der Waals surface area (Å²) in [6, 6.07) is 0. The number of hydrogen-bond donors (Lipinski definition) is 2. The molecule has 0 heterocycles. The molecule has 6 heavy (non-hydrogen) atoms. The lowest BCUT2D eigenvalue weighted by Crippen LogP contribution is -1.93. The summed E-state index contributed by atoms with van der Waals surface area (Å²) in [5.41, 5.74) is 4.97. The van der Waals surface area contributed by atoms with E-state index in [1.54, 1.807) is 0 Å². The number of nitrogens with zero attached hydrogens (tertiary/aromatic N) is 1. The topological polar surface area (TPSA) is 58.6 Å². The molecule has 0 amide bonds. The van der Waals surface area contributed by atoms with E-state index < -0.39 is 0 Å². The molecule has 0 fully saturated rings. The van der Waals surface area contributed by atoms with Gasteiger partial charge < -0.3 is 10.9 Å². The molecule has 1 radical (unpaired) electrons. The van der Waals surface area contributed by atoms with Crippen molar-refractivity contribution >= 4 is 6.21 Å². The zero-order chi connectivity index (χ0) is 4.99. The Morgan fingerprint density at radius 1 is 2.00 bits per heavy atom. The van der Waals surface area contributed by atoms with Gasteiger partial charge in [0, 0.05) is 0 Å². The summed E-state index contributed by atoms with van der Waals surface area (Å²) in [4.78, 5) is 0. The van der Waals surface area contributed by atoms with Gasteiger partial charge in [0.25, 0.3) is 0 Å². The Morgan fingerprint density at radius 2 is 2.50 bits per heavy atom. The maximum Gasteiger partial charge on any atom is 0.156 e. The number of nitrogens with two attached hydrogens (primary N) is 1. The van der Waals surface area contributed by atoms with Crippen molar-refractivity contribution in [2.45, 2.75) is 0 Å². The monoisotopic (exact) mass is 85.0 g/mol. The van der Waals surface area contributed by atoms with Crippen LogP contribution in [-0.2, 0) is 0 Å². The molecule has 0 aliphatic heterocycles. The quantitative estimate of drug-likeness (QED) is 0.263. The van der Waals surface area contributed by atoms with Gasteiger partial charge >= 0.3 is 0 Å². The minimum absolute atomic E-state index is 0.123. The summed E-state index contributed by atoms with van der Waals surface area (Å²) in [5, 5.41) is 10.1. The van der Waals surface area contributed by atoms with Gasteiger partial charge in [0.05, 0.1) is 5.70 Å². The van der Waals surface area contributed by atoms with Gasteiger partial charge in [0.15, 0.2) is 6.21 Å². The fourth-order valence-electron chi connectivity index (χ4n) is 0.0642. The molecule has 0 aliphatic carbocycles. The van der Waals surface area contributed by atoms with E-state index in [2.05, 4.69) is 11.7 Å². The van der Waals surface area contributed by atoms with Gasteiger partial charge in [0.1, 0.15) is 0 Å². The largest absolute Gasteiger partial charge is 0.410 e. The molecule has 0 aliphatic rings. The molecule has 0 unspecified atom stereocenters. The third kappa shape index (κ3) is 3.01. The van der Waals surface area contributed by atoms with E-state index in [0.717, 1.165) is 0 Å². The first kappa shape index (κ1) is 5.01. The van der Waals surface area contributed by atoms with Crippen molar-refractivity contribution < 1.29 is 5.21 Å². The second-order valence-electron chi connectivity index (χ2n) is 0.737. The lowest BCUT2D eigenvalue weighted by molar-refractivity contribution is 0.321. The molecule has 0 atom stereocenters. The van der Waals surface area contributed by atoms with Crippen LogP contribution in [0.3, 0.4) is 0 Å². The average molecular weight is 85.1 g/mol. The van der Waals surface area contributed by atoms with Crippen LogP contribution in [0, 0.1) is 0 Å². The summed E-state index contributed by atoms with van der Waals surface area (Å²) >= 11 is 0. The van der Waals surface area contributed by atoms with Gasteiger partial charge in [-0.05, 0) is 0 Å². The molecule has 3 heteroatoms. The minimum Gasteiger partial charge on any atom is -0.410 e. The zero-order valence-corrected chi connectivity index (χ0v) is 3.18. The molecule has 0 spiro atoms. The van der Waals surface area contributed by atoms with Crippen LogP contribution in [0.2, 0.25) is 0 Å². The highest BCUT2D eigenvalue weighted by molar-refractivity contribution is 5.75. The van der Waals surface area contributed by atoms with E-state index in [0.29, 0.717) is 0 Å². The minimum atomic E-state index is 0.123. The van der Waals surface area contributed by atoms with E-state index in [1.165, 1.54) is 0 Å². The van der Waals surface area contributed by atoms with Crippen molar-refractivity contribution in [2.75, 3.05) is 0 Å². The molecule has 0 saturated carbocycles. The second kappa shape index (κ2) is 2.26. The highest BCUT2D eigenvalue weighted by atomic mass is 16.4. The highest BCUT2D eigenvalue weighted by Gasteiger charge is 1.69. The van der Waals surface area contributed by atoms with Gasteiger partial charge in [-0.25, -0.2) is 0 Å². The normalized spacial score (nSPS) is 9.33. The Labute approximate surface area is 35.8 Å². The third-order valence-electron chi connectivity index (χ3n) is 0.194. The van der Waals surface area contributed by atoms with Crippen LogP contribution in [0.25, 0.3) is 0 Å². The predicted octanol–water partition coefficient (Wildman–Crippen LogP) is -0.204. The molecule has 3 nitrogen and oxygen atoms in total. The van der Waals surface area contributed by atoms with Gasteiger partial charge in [0.2, 0.25) is 0 Å². The standard InChI is InChI=1S/C3H5N2O/c1-3(4)2-5-6/h6H,1,4H2. The van der Waals surface area contributed by atoms with Crippen LogP contribution in [-0.4, -0.2) is 11.4 Å². The molecule has 3 N–H and O–H groups in total. The summed E-state index contributed by atoms with van der Waals surface area (Å²) in [6.07, 6.45) is 1.97. The van der Waals surface area contributed by atoms with Crippen LogP contribution in [0.1, 0.15) is 0 Å². The van der Waals surface area contributed by atoms with Crippen molar-refractivity contribution in [1.82, 2.24) is 0 Å². The molecule has 0 saturated heterocycles. The second-order valence-corrected chi connectivity index (χ2v) is 0.737. The lowest BCUT2D eigenvalue weighted by atomic mass is 10.6. The Bertz CT molecular complexity index is 76.9. The maximum atomic E-state index is 7.61. The molecule has 0 rings (SSSR count). The Hall–Kier alpha value is -0.990. The molecule has 0 bridgehead atoms. The average Bonchev–Trinajstić information content (AvgIpc) is 1.35. The van der Waals surface area contributed by atoms with Gasteiger partial charge in [-0.2, -0.15) is 0 Å². The van der Waals surface area contributed by atoms with E-state index >= 15 is 0 Å². The number of hydrogen-bond acceptors (Lipinski definition) is 3. The third-order valence-corrected chi connectivity index (χ3v) is 0.194. The first-order valence-corrected chi connectivity index (χ1v) is 1.32. The lowest BCUT2D eigenvalue weighted by Gasteiger charge is -1.74. The van der Waals surface area contributed by atoms with Crippen LogP contribution < -0.4 is 5.73 Å². The predicted molar refractivity (Wildman–Crippen MR) is 22.5 cm³/mol. The van der Waals surface area contributed by atoms with Gasteiger partial charge in [-0.15, -0.1) is 0 Å². The summed E-state index contributed by atoms with van der Waals surface area (Å²) in [5.74, 6) is 0. The summed E-state index contributed by atoms with van der Waals surface area (Å²) in [7, 11) is 0. The molecule has 0 aromatic carbocycles. The van der Waals surface area contributed by atoms with Crippen LogP contribution >= 0.6 is 0 Å². The molecule has 0 aromatic heterocycles. The highest BCUT2D eigenvalue weighted by Crippen LogP contribution is 1.62. The molecule has 0 aromatic rings. The molecule has 33 valence electrons. The Kier molecular flexibility index (Phi) is 1.89. The van der Waals surface area contributed by atoms with E-state index in [-0.39, 0.29) is 5.70 Å². The summed E-state index contributed by atoms with van der Waals surface area (Å²) < 4.78 is 0. The van der Waals surface area contributed by atoms with Gasteiger partial charge in [-0.1, -0.05) is 11.7 Å².